The third-order valence-corrected chi connectivity index (χ3v) is 3.96. The highest BCUT2D eigenvalue weighted by Crippen LogP contribution is 2.24. The monoisotopic (exact) mass is 402 g/mol. The number of aryl methyl sites for hydroxylation is 2. The second-order valence-corrected chi connectivity index (χ2v) is 5.26. The summed E-state index contributed by atoms with van der Waals surface area (Å²) in [5.41, 5.74) is 9.92. The Bertz CT molecular complexity index is 469. The van der Waals surface area contributed by atoms with Gasteiger partial charge >= 0.3 is 0 Å². The van der Waals surface area contributed by atoms with Gasteiger partial charge in [0.1, 0.15) is 0 Å². The molecule has 0 unspecified atom stereocenters. The molecule has 0 fully saturated rings. The first-order chi connectivity index (χ1) is 9.72. The second-order valence-electron chi connectivity index (χ2n) is 5.26. The molecule has 1 aliphatic rings. The van der Waals surface area contributed by atoms with Gasteiger partial charge in [0, 0.05) is 12.2 Å². The van der Waals surface area contributed by atoms with Crippen molar-refractivity contribution in [2.24, 2.45) is 10.7 Å². The second kappa shape index (κ2) is 9.25. The van der Waals surface area contributed by atoms with Crippen LogP contribution in [0.4, 0.5) is 5.69 Å². The molecule has 0 bridgehead atoms. The van der Waals surface area contributed by atoms with Crippen LogP contribution in [0.5, 0.6) is 0 Å². The van der Waals surface area contributed by atoms with E-state index in [1.807, 2.05) is 0 Å². The summed E-state index contributed by atoms with van der Waals surface area (Å²) in [5.74, 6) is 0.509. The third-order valence-electron chi connectivity index (χ3n) is 3.96. The van der Waals surface area contributed by atoms with Crippen molar-refractivity contribution in [3.05, 3.63) is 29.3 Å². The van der Waals surface area contributed by atoms with Crippen LogP contribution in [0.1, 0.15) is 31.4 Å². The number of hydrogen-bond acceptors (Lipinski definition) is 2. The maximum atomic E-state index is 5.94. The van der Waals surface area contributed by atoms with Crippen molar-refractivity contribution in [3.8, 4) is 0 Å². The van der Waals surface area contributed by atoms with E-state index < -0.39 is 0 Å². The molecular weight excluding hydrogens is 375 g/mol. The van der Waals surface area contributed by atoms with Gasteiger partial charge in [0.05, 0.1) is 6.54 Å². The molecule has 5 heteroatoms. The molecule has 1 aliphatic carbocycles. The molecule has 0 amide bonds. The summed E-state index contributed by atoms with van der Waals surface area (Å²) in [4.78, 5) is 6.73. The smallest absolute Gasteiger partial charge is 0.193 e. The molecule has 0 aliphatic heterocycles. The molecule has 1 aromatic carbocycles. The molecule has 118 valence electrons. The molecule has 0 saturated heterocycles. The molecule has 21 heavy (non-hydrogen) atoms. The summed E-state index contributed by atoms with van der Waals surface area (Å²) >= 11 is 0. The van der Waals surface area contributed by atoms with Crippen molar-refractivity contribution < 1.29 is 0 Å². The molecule has 0 aromatic heterocycles. The van der Waals surface area contributed by atoms with E-state index in [4.69, 9.17) is 5.73 Å². The van der Waals surface area contributed by atoms with Gasteiger partial charge in [0.25, 0.3) is 0 Å². The van der Waals surface area contributed by atoms with Crippen LogP contribution in [-0.2, 0) is 12.8 Å². The standard InChI is InChI=1S/C16H26N4.HI/c1-3-20(4-2)11-10-18-16(17)19-15-9-8-13-6-5-7-14(13)12-15;/h8-9,12H,3-7,10-11H2,1-2H3,(H3,17,18,19);1H. The lowest BCUT2D eigenvalue weighted by Gasteiger charge is -2.16. The fourth-order valence-electron chi connectivity index (χ4n) is 2.69. The van der Waals surface area contributed by atoms with E-state index in [0.29, 0.717) is 5.96 Å². The van der Waals surface area contributed by atoms with Crippen LogP contribution in [0.2, 0.25) is 0 Å². The lowest BCUT2D eigenvalue weighted by molar-refractivity contribution is 0.313. The van der Waals surface area contributed by atoms with Gasteiger partial charge in [0.15, 0.2) is 5.96 Å². The molecule has 0 atom stereocenters. The van der Waals surface area contributed by atoms with E-state index in [1.54, 1.807) is 0 Å². The first-order valence-electron chi connectivity index (χ1n) is 7.64. The zero-order valence-electron chi connectivity index (χ0n) is 13.1. The predicted octanol–water partition coefficient (Wildman–Crippen LogP) is 2.86. The van der Waals surface area contributed by atoms with Crippen molar-refractivity contribution in [2.45, 2.75) is 33.1 Å². The van der Waals surface area contributed by atoms with Gasteiger partial charge in [-0.3, -0.25) is 4.99 Å². The Morgan fingerprint density at radius 2 is 1.95 bits per heavy atom. The number of fused-ring (bicyclic) bond motifs is 1. The minimum Gasteiger partial charge on any atom is -0.370 e. The Labute approximate surface area is 145 Å². The Kier molecular flexibility index (Phi) is 8.03. The van der Waals surface area contributed by atoms with E-state index in [1.165, 1.54) is 30.4 Å². The molecule has 0 spiro atoms. The Hall–Kier alpha value is -0.820. The first-order valence-corrected chi connectivity index (χ1v) is 7.64. The highest BCUT2D eigenvalue weighted by atomic mass is 127. The number of halogens is 1. The van der Waals surface area contributed by atoms with Gasteiger partial charge in [-0.1, -0.05) is 19.9 Å². The van der Waals surface area contributed by atoms with E-state index >= 15 is 0 Å². The van der Waals surface area contributed by atoms with E-state index in [0.717, 1.165) is 31.9 Å². The molecule has 0 saturated carbocycles. The summed E-state index contributed by atoms with van der Waals surface area (Å²) < 4.78 is 0. The van der Waals surface area contributed by atoms with Crippen molar-refractivity contribution in [1.29, 1.82) is 0 Å². The summed E-state index contributed by atoms with van der Waals surface area (Å²) in [5, 5.41) is 3.19. The molecule has 2 rings (SSSR count). The maximum absolute atomic E-state index is 5.94. The van der Waals surface area contributed by atoms with Gasteiger partial charge in [-0.2, -0.15) is 0 Å². The van der Waals surface area contributed by atoms with E-state index in [9.17, 15) is 0 Å². The quantitative estimate of drug-likeness (QED) is 0.437. The number of rotatable bonds is 6. The predicted molar refractivity (Wildman–Crippen MR) is 102 cm³/mol. The normalized spacial score (nSPS) is 14.0. The minimum absolute atomic E-state index is 0. The van der Waals surface area contributed by atoms with E-state index in [-0.39, 0.29) is 24.0 Å². The Morgan fingerprint density at radius 3 is 2.67 bits per heavy atom. The number of nitrogens with two attached hydrogens (primary N) is 1. The van der Waals surface area contributed by atoms with Gasteiger partial charge in [-0.15, -0.1) is 24.0 Å². The van der Waals surface area contributed by atoms with Crippen LogP contribution in [0.3, 0.4) is 0 Å². The number of guanidine groups is 1. The van der Waals surface area contributed by atoms with Crippen LogP contribution in [0.25, 0.3) is 0 Å². The molecule has 4 nitrogen and oxygen atoms in total. The van der Waals surface area contributed by atoms with E-state index in [2.05, 4.69) is 47.3 Å². The lowest BCUT2D eigenvalue weighted by Crippen LogP contribution is -2.28. The van der Waals surface area contributed by atoms with Crippen LogP contribution < -0.4 is 11.1 Å². The van der Waals surface area contributed by atoms with Crippen molar-refractivity contribution >= 4 is 35.6 Å². The van der Waals surface area contributed by atoms with Gasteiger partial charge in [-0.25, -0.2) is 0 Å². The number of likely N-dealkylation sites (N-methyl/N-ethyl adjacent to an activating group) is 1. The number of nitrogens with one attached hydrogen (secondary N) is 1. The summed E-state index contributed by atoms with van der Waals surface area (Å²) in [7, 11) is 0. The Balaban J connectivity index is 0.00000220. The van der Waals surface area contributed by atoms with Gasteiger partial charge < -0.3 is 16.0 Å². The third kappa shape index (κ3) is 5.47. The van der Waals surface area contributed by atoms with Crippen LogP contribution in [-0.4, -0.2) is 37.0 Å². The largest absolute Gasteiger partial charge is 0.370 e. The molecule has 0 radical (unpaired) electrons. The zero-order chi connectivity index (χ0) is 14.4. The highest BCUT2D eigenvalue weighted by Gasteiger charge is 2.10. The number of anilines is 1. The van der Waals surface area contributed by atoms with Crippen LogP contribution >= 0.6 is 24.0 Å². The van der Waals surface area contributed by atoms with Crippen LogP contribution in [0, 0.1) is 0 Å². The van der Waals surface area contributed by atoms with Gasteiger partial charge in [-0.05, 0) is 55.6 Å². The summed E-state index contributed by atoms with van der Waals surface area (Å²) in [6.07, 6.45) is 3.67. The zero-order valence-corrected chi connectivity index (χ0v) is 15.4. The summed E-state index contributed by atoms with van der Waals surface area (Å²) in [6.45, 7) is 8.15. The number of benzene rings is 1. The number of aliphatic imine (C=N–C) groups is 1. The molecule has 1 aromatic rings. The first kappa shape index (κ1) is 18.2. The average molecular weight is 402 g/mol. The average Bonchev–Trinajstić information content (AvgIpc) is 2.91. The number of nitrogens with zero attached hydrogens (tertiary/aromatic N) is 2. The highest BCUT2D eigenvalue weighted by molar-refractivity contribution is 14.0. The Morgan fingerprint density at radius 1 is 1.24 bits per heavy atom. The SMILES string of the molecule is CCN(CC)CCN=C(N)Nc1ccc2c(c1)CCC2.I. The number of hydrogen-bond donors (Lipinski definition) is 2. The lowest BCUT2D eigenvalue weighted by atomic mass is 10.1. The molecular formula is C16H27IN4. The molecule has 0 heterocycles. The molecule has 3 N–H and O–H groups in total. The topological polar surface area (TPSA) is 53.6 Å². The fourth-order valence-corrected chi connectivity index (χ4v) is 2.69. The van der Waals surface area contributed by atoms with Crippen molar-refractivity contribution in [2.75, 3.05) is 31.5 Å². The maximum Gasteiger partial charge on any atom is 0.193 e. The van der Waals surface area contributed by atoms with Crippen molar-refractivity contribution in [1.82, 2.24) is 4.90 Å². The van der Waals surface area contributed by atoms with Crippen molar-refractivity contribution in [3.63, 3.8) is 0 Å². The van der Waals surface area contributed by atoms with Crippen LogP contribution in [0.15, 0.2) is 23.2 Å². The van der Waals surface area contributed by atoms with Gasteiger partial charge in [0.2, 0.25) is 0 Å². The summed E-state index contributed by atoms with van der Waals surface area (Å²) in [6, 6.07) is 6.50. The minimum atomic E-state index is 0. The fraction of sp³-hybridized carbons (Fsp3) is 0.562.